The molecule has 2 unspecified atom stereocenters. The Balaban J connectivity index is 2.44. The second-order valence-electron chi connectivity index (χ2n) is 4.87. The fourth-order valence-electron chi connectivity index (χ4n) is 2.54. The molecule has 2 rings (SSSR count). The number of nitrogens with zero attached hydrogens (tertiary/aromatic N) is 2. The Labute approximate surface area is 113 Å². The first kappa shape index (κ1) is 13.8. The average Bonchev–Trinajstić information content (AvgIpc) is 2.82. The second kappa shape index (κ2) is 4.83. The van der Waals surface area contributed by atoms with Crippen LogP contribution in [0.25, 0.3) is 0 Å². The second-order valence-corrected chi connectivity index (χ2v) is 7.00. The van der Waals surface area contributed by atoms with Crippen LogP contribution in [0.4, 0.5) is 0 Å². The molecule has 0 spiro atoms. The Hall–Kier alpha value is -0.590. The molecule has 0 saturated carbocycles. The maximum Gasteiger partial charge on any atom is 0.247 e. The van der Waals surface area contributed by atoms with Gasteiger partial charge in [0.1, 0.15) is 4.90 Å². The van der Waals surface area contributed by atoms with Crippen molar-refractivity contribution in [3.05, 3.63) is 11.4 Å². The molecular formula is C11H18ClN3O2S. The van der Waals surface area contributed by atoms with E-state index in [1.54, 1.807) is 13.8 Å². The van der Waals surface area contributed by atoms with Crippen molar-refractivity contribution in [3.63, 3.8) is 0 Å². The molecule has 0 aliphatic carbocycles. The van der Waals surface area contributed by atoms with Gasteiger partial charge >= 0.3 is 0 Å². The largest absolute Gasteiger partial charge is 0.281 e. The molecule has 2 atom stereocenters. The number of hydrogen-bond acceptors (Lipinski definition) is 3. The van der Waals surface area contributed by atoms with Crippen LogP contribution in [0.15, 0.2) is 4.90 Å². The summed E-state index contributed by atoms with van der Waals surface area (Å²) in [6, 6.07) is -0.120. The van der Waals surface area contributed by atoms with Crippen LogP contribution in [0.2, 0.25) is 0 Å². The highest BCUT2D eigenvalue weighted by atomic mass is 35.5. The summed E-state index contributed by atoms with van der Waals surface area (Å²) in [7, 11) is -3.50. The summed E-state index contributed by atoms with van der Waals surface area (Å²) >= 11 is 5.91. The molecule has 5 nitrogen and oxygen atoms in total. The van der Waals surface area contributed by atoms with Crippen LogP contribution < -0.4 is 0 Å². The van der Waals surface area contributed by atoms with E-state index in [0.717, 1.165) is 6.42 Å². The maximum absolute atomic E-state index is 12.7. The van der Waals surface area contributed by atoms with Crippen LogP contribution >= 0.6 is 11.6 Å². The molecule has 2 heterocycles. The molecule has 0 aromatic carbocycles. The summed E-state index contributed by atoms with van der Waals surface area (Å²) in [5.41, 5.74) is 1.10. The normalized spacial score (nSPS) is 25.8. The zero-order valence-electron chi connectivity index (χ0n) is 10.8. The Bertz CT molecular complexity index is 521. The minimum Gasteiger partial charge on any atom is -0.281 e. The first-order chi connectivity index (χ1) is 8.39. The molecule has 0 amide bonds. The number of H-pyrrole nitrogens is 1. The van der Waals surface area contributed by atoms with Crippen LogP contribution in [-0.2, 0) is 10.0 Å². The van der Waals surface area contributed by atoms with Crippen molar-refractivity contribution in [3.8, 4) is 0 Å². The van der Waals surface area contributed by atoms with E-state index in [-0.39, 0.29) is 6.04 Å². The van der Waals surface area contributed by atoms with Crippen LogP contribution in [0.1, 0.15) is 24.7 Å². The van der Waals surface area contributed by atoms with Gasteiger partial charge in [0.2, 0.25) is 10.0 Å². The molecule has 1 aromatic heterocycles. The zero-order chi connectivity index (χ0) is 13.5. The molecule has 1 fully saturated rings. The van der Waals surface area contributed by atoms with E-state index in [2.05, 4.69) is 10.2 Å². The summed E-state index contributed by atoms with van der Waals surface area (Å²) in [4.78, 5) is 0.298. The molecule has 1 saturated heterocycles. The lowest BCUT2D eigenvalue weighted by atomic mass is 10.1. The van der Waals surface area contributed by atoms with Crippen molar-refractivity contribution in [2.24, 2.45) is 5.92 Å². The monoisotopic (exact) mass is 291 g/mol. The lowest BCUT2D eigenvalue weighted by Crippen LogP contribution is -2.39. The van der Waals surface area contributed by atoms with Crippen molar-refractivity contribution in [2.75, 3.05) is 12.4 Å². The highest BCUT2D eigenvalue weighted by Gasteiger charge is 2.40. The summed E-state index contributed by atoms with van der Waals surface area (Å²) in [5, 5.41) is 6.68. The van der Waals surface area contributed by atoms with Gasteiger partial charge in [-0.1, -0.05) is 6.92 Å². The Kier molecular flexibility index (Phi) is 3.71. The van der Waals surface area contributed by atoms with E-state index < -0.39 is 10.0 Å². The van der Waals surface area contributed by atoms with Gasteiger partial charge in [-0.2, -0.15) is 9.40 Å². The standard InChI is InChI=1S/C11H18ClN3O2S/c1-7-4-5-15(10(7)6-12)18(16,17)11-8(2)13-14-9(11)3/h7,10H,4-6H2,1-3H3,(H,13,14). The molecule has 1 N–H and O–H groups in total. The third-order valence-electron chi connectivity index (χ3n) is 3.62. The van der Waals surface area contributed by atoms with Gasteiger partial charge in [0.25, 0.3) is 0 Å². The predicted octanol–water partition coefficient (Wildman–Crippen LogP) is 1.66. The van der Waals surface area contributed by atoms with E-state index in [1.807, 2.05) is 6.92 Å². The minimum atomic E-state index is -3.50. The van der Waals surface area contributed by atoms with Crippen LogP contribution in [0.5, 0.6) is 0 Å². The van der Waals surface area contributed by atoms with Crippen LogP contribution in [0.3, 0.4) is 0 Å². The highest BCUT2D eigenvalue weighted by molar-refractivity contribution is 7.89. The van der Waals surface area contributed by atoms with Crippen molar-refractivity contribution in [2.45, 2.75) is 38.1 Å². The van der Waals surface area contributed by atoms with E-state index in [4.69, 9.17) is 11.6 Å². The molecular weight excluding hydrogens is 274 g/mol. The van der Waals surface area contributed by atoms with Gasteiger partial charge in [0.15, 0.2) is 0 Å². The highest BCUT2D eigenvalue weighted by Crippen LogP contribution is 2.32. The number of nitrogens with one attached hydrogen (secondary N) is 1. The molecule has 0 radical (unpaired) electrons. The number of hydrogen-bond donors (Lipinski definition) is 1. The Morgan fingerprint density at radius 1 is 1.50 bits per heavy atom. The maximum atomic E-state index is 12.7. The van der Waals surface area contributed by atoms with Crippen molar-refractivity contribution < 1.29 is 8.42 Å². The molecule has 0 bridgehead atoms. The summed E-state index contributed by atoms with van der Waals surface area (Å²) in [6.07, 6.45) is 0.854. The number of aromatic nitrogens is 2. The van der Waals surface area contributed by atoms with E-state index in [9.17, 15) is 8.42 Å². The lowest BCUT2D eigenvalue weighted by molar-refractivity contribution is 0.375. The van der Waals surface area contributed by atoms with Gasteiger partial charge in [0.05, 0.1) is 11.4 Å². The van der Waals surface area contributed by atoms with Crippen LogP contribution in [-0.4, -0.2) is 41.4 Å². The van der Waals surface area contributed by atoms with Crippen molar-refractivity contribution >= 4 is 21.6 Å². The summed E-state index contributed by atoms with van der Waals surface area (Å²) < 4.78 is 26.8. The summed E-state index contributed by atoms with van der Waals surface area (Å²) in [6.45, 7) is 6.00. The molecule has 102 valence electrons. The van der Waals surface area contributed by atoms with Crippen molar-refractivity contribution in [1.29, 1.82) is 0 Å². The molecule has 1 aromatic rings. The third-order valence-corrected chi connectivity index (χ3v) is 6.12. The van der Waals surface area contributed by atoms with E-state index in [1.165, 1.54) is 4.31 Å². The Morgan fingerprint density at radius 2 is 2.17 bits per heavy atom. The van der Waals surface area contributed by atoms with Crippen LogP contribution in [0, 0.1) is 19.8 Å². The molecule has 1 aliphatic heterocycles. The molecule has 7 heteroatoms. The average molecular weight is 292 g/mol. The molecule has 18 heavy (non-hydrogen) atoms. The van der Waals surface area contributed by atoms with Gasteiger partial charge in [-0.05, 0) is 26.2 Å². The Morgan fingerprint density at radius 3 is 2.67 bits per heavy atom. The van der Waals surface area contributed by atoms with Crippen molar-refractivity contribution in [1.82, 2.24) is 14.5 Å². The number of sulfonamides is 1. The molecule has 1 aliphatic rings. The van der Waals surface area contributed by atoms with Gasteiger partial charge in [-0.15, -0.1) is 11.6 Å². The minimum absolute atomic E-state index is 0.120. The SMILES string of the molecule is Cc1n[nH]c(C)c1S(=O)(=O)N1CCC(C)C1CCl. The van der Waals surface area contributed by atoms with Gasteiger partial charge in [-0.25, -0.2) is 8.42 Å². The van der Waals surface area contributed by atoms with E-state index in [0.29, 0.717) is 34.6 Å². The third kappa shape index (κ3) is 2.06. The topological polar surface area (TPSA) is 66.1 Å². The smallest absolute Gasteiger partial charge is 0.247 e. The quantitative estimate of drug-likeness (QED) is 0.862. The fraction of sp³-hybridized carbons (Fsp3) is 0.727. The first-order valence-electron chi connectivity index (χ1n) is 5.99. The number of alkyl halides is 1. The van der Waals surface area contributed by atoms with Gasteiger partial charge in [-0.3, -0.25) is 5.10 Å². The fourth-order valence-corrected chi connectivity index (χ4v) is 5.16. The first-order valence-corrected chi connectivity index (χ1v) is 7.96. The predicted molar refractivity (Wildman–Crippen MR) is 70.2 cm³/mol. The lowest BCUT2D eigenvalue weighted by Gasteiger charge is -2.24. The van der Waals surface area contributed by atoms with E-state index >= 15 is 0 Å². The number of aromatic amines is 1. The number of rotatable bonds is 3. The van der Waals surface area contributed by atoms with Gasteiger partial charge in [0, 0.05) is 18.5 Å². The zero-order valence-corrected chi connectivity index (χ0v) is 12.3. The number of aryl methyl sites for hydroxylation is 2. The van der Waals surface area contributed by atoms with Gasteiger partial charge < -0.3 is 0 Å². The summed E-state index contributed by atoms with van der Waals surface area (Å²) in [5.74, 6) is 0.626. The number of halogens is 1.